The van der Waals surface area contributed by atoms with Crippen molar-refractivity contribution in [3.8, 4) is 0 Å². The maximum atomic E-state index is 12.6. The van der Waals surface area contributed by atoms with Gasteiger partial charge in [0.15, 0.2) is 0 Å². The number of methoxy groups -OCH3 is 1. The van der Waals surface area contributed by atoms with Gasteiger partial charge in [-0.1, -0.05) is 24.3 Å². The number of carbonyl (C=O) groups excluding carboxylic acids is 1. The van der Waals surface area contributed by atoms with E-state index in [9.17, 15) is 13.2 Å². The second-order valence-corrected chi connectivity index (χ2v) is 7.74. The molecule has 6 nitrogen and oxygen atoms in total. The Morgan fingerprint density at radius 1 is 1.16 bits per heavy atom. The van der Waals surface area contributed by atoms with E-state index >= 15 is 0 Å². The summed E-state index contributed by atoms with van der Waals surface area (Å²) in [7, 11) is -2.48. The fraction of sp³-hybridized carbons (Fsp3) is 0.278. The van der Waals surface area contributed by atoms with Crippen molar-refractivity contribution in [2.24, 2.45) is 0 Å². The Labute approximate surface area is 147 Å². The molecule has 2 aromatic rings. The van der Waals surface area contributed by atoms with Gasteiger partial charge in [-0.3, -0.25) is 0 Å². The van der Waals surface area contributed by atoms with Crippen LogP contribution in [-0.4, -0.2) is 21.5 Å². The largest absolute Gasteiger partial charge is 0.465 e. The minimum absolute atomic E-state index is 0.0817. The van der Waals surface area contributed by atoms with Crippen molar-refractivity contribution in [1.82, 2.24) is 10.0 Å². The summed E-state index contributed by atoms with van der Waals surface area (Å²) >= 11 is 0. The van der Waals surface area contributed by atoms with Crippen LogP contribution >= 0.6 is 0 Å². The molecule has 0 aliphatic carbocycles. The van der Waals surface area contributed by atoms with Crippen molar-refractivity contribution in [2.75, 3.05) is 7.11 Å². The first kappa shape index (κ1) is 17.6. The number of hydrogen-bond acceptors (Lipinski definition) is 5. The number of esters is 1. The van der Waals surface area contributed by atoms with Gasteiger partial charge in [0.1, 0.15) is 0 Å². The molecule has 1 aliphatic heterocycles. The van der Waals surface area contributed by atoms with Gasteiger partial charge in [-0.05, 0) is 41.3 Å². The van der Waals surface area contributed by atoms with E-state index in [1.165, 1.54) is 24.3 Å². The first-order chi connectivity index (χ1) is 11.9. The lowest BCUT2D eigenvalue weighted by atomic mass is 10.1. The van der Waals surface area contributed by atoms with E-state index in [1.807, 2.05) is 18.2 Å². The molecule has 1 aliphatic rings. The van der Waals surface area contributed by atoms with Crippen LogP contribution in [0.2, 0.25) is 0 Å². The summed E-state index contributed by atoms with van der Waals surface area (Å²) < 4.78 is 32.6. The summed E-state index contributed by atoms with van der Waals surface area (Å²) in [6.07, 6.45) is 0. The Bertz CT molecular complexity index is 923. The van der Waals surface area contributed by atoms with Gasteiger partial charge < -0.3 is 10.1 Å². The van der Waals surface area contributed by atoms with Crippen LogP contribution in [0.5, 0.6) is 0 Å². The summed E-state index contributed by atoms with van der Waals surface area (Å²) in [6, 6.07) is 10.4. The lowest BCUT2D eigenvalue weighted by Crippen LogP contribution is -2.24. The maximum absolute atomic E-state index is 12.6. The molecule has 0 bridgehead atoms. The third-order valence-electron chi connectivity index (χ3n) is 4.27. The highest BCUT2D eigenvalue weighted by Crippen LogP contribution is 2.20. The lowest BCUT2D eigenvalue weighted by molar-refractivity contribution is 0.0600. The van der Waals surface area contributed by atoms with E-state index in [1.54, 1.807) is 19.1 Å². The Hall–Kier alpha value is -2.22. The van der Waals surface area contributed by atoms with E-state index < -0.39 is 16.0 Å². The number of fused-ring (bicyclic) bond motifs is 1. The fourth-order valence-electron chi connectivity index (χ4n) is 2.85. The maximum Gasteiger partial charge on any atom is 0.337 e. The molecule has 0 atom stereocenters. The van der Waals surface area contributed by atoms with Crippen molar-refractivity contribution in [2.45, 2.75) is 31.5 Å². The number of aryl methyl sites for hydroxylation is 1. The monoisotopic (exact) mass is 360 g/mol. The van der Waals surface area contributed by atoms with E-state index in [0.717, 1.165) is 18.7 Å². The summed E-state index contributed by atoms with van der Waals surface area (Å²) in [4.78, 5) is 11.7. The number of benzene rings is 2. The topological polar surface area (TPSA) is 84.5 Å². The molecule has 25 heavy (non-hydrogen) atoms. The minimum atomic E-state index is -3.74. The summed E-state index contributed by atoms with van der Waals surface area (Å²) in [5.74, 6) is -0.567. The average molecular weight is 360 g/mol. The normalized spacial score (nSPS) is 13.5. The molecule has 0 saturated carbocycles. The van der Waals surface area contributed by atoms with Crippen LogP contribution in [0.4, 0.5) is 0 Å². The first-order valence-electron chi connectivity index (χ1n) is 7.91. The molecule has 1 heterocycles. The molecule has 3 rings (SSSR count). The second-order valence-electron chi connectivity index (χ2n) is 6.00. The van der Waals surface area contributed by atoms with Gasteiger partial charge >= 0.3 is 5.97 Å². The molecule has 0 unspecified atom stereocenters. The van der Waals surface area contributed by atoms with Gasteiger partial charge in [-0.15, -0.1) is 0 Å². The van der Waals surface area contributed by atoms with Gasteiger partial charge in [-0.25, -0.2) is 17.9 Å². The van der Waals surface area contributed by atoms with E-state index in [-0.39, 0.29) is 17.0 Å². The third-order valence-corrected chi connectivity index (χ3v) is 5.81. The van der Waals surface area contributed by atoms with Crippen molar-refractivity contribution < 1.29 is 17.9 Å². The van der Waals surface area contributed by atoms with Crippen LogP contribution in [0.1, 0.15) is 32.6 Å². The Kier molecular flexibility index (Phi) is 4.89. The van der Waals surface area contributed by atoms with Crippen LogP contribution in [0.15, 0.2) is 41.3 Å². The molecular weight excluding hydrogens is 340 g/mol. The summed E-state index contributed by atoms with van der Waals surface area (Å²) in [6.45, 7) is 3.53. The molecule has 132 valence electrons. The number of ether oxygens (including phenoxy) is 1. The Morgan fingerprint density at radius 2 is 1.92 bits per heavy atom. The van der Waals surface area contributed by atoms with Gasteiger partial charge in [0, 0.05) is 19.6 Å². The minimum Gasteiger partial charge on any atom is -0.465 e. The second kappa shape index (κ2) is 6.95. The SMILES string of the molecule is COC(=O)c1ccc(C)c(S(=O)(=O)NCc2ccc3c(c2)CNC3)c1. The highest BCUT2D eigenvalue weighted by Gasteiger charge is 2.19. The molecule has 0 radical (unpaired) electrons. The molecule has 7 heteroatoms. The number of hydrogen-bond donors (Lipinski definition) is 2. The predicted octanol–water partition coefficient (Wildman–Crippen LogP) is 1.86. The zero-order valence-electron chi connectivity index (χ0n) is 14.1. The molecule has 0 fully saturated rings. The molecular formula is C18H20N2O4S. The highest BCUT2D eigenvalue weighted by molar-refractivity contribution is 7.89. The smallest absolute Gasteiger partial charge is 0.337 e. The number of nitrogens with one attached hydrogen (secondary N) is 2. The lowest BCUT2D eigenvalue weighted by Gasteiger charge is -2.11. The van der Waals surface area contributed by atoms with Crippen LogP contribution in [-0.2, 0) is 34.4 Å². The third kappa shape index (κ3) is 3.73. The van der Waals surface area contributed by atoms with Crippen molar-refractivity contribution in [1.29, 1.82) is 0 Å². The quantitative estimate of drug-likeness (QED) is 0.795. The molecule has 0 spiro atoms. The molecule has 0 amide bonds. The van der Waals surface area contributed by atoms with Gasteiger partial charge in [0.05, 0.1) is 17.6 Å². The Morgan fingerprint density at radius 3 is 2.68 bits per heavy atom. The molecule has 2 N–H and O–H groups in total. The van der Waals surface area contributed by atoms with Crippen LogP contribution < -0.4 is 10.0 Å². The molecule has 2 aromatic carbocycles. The molecule has 0 aromatic heterocycles. The summed E-state index contributed by atoms with van der Waals surface area (Å²) in [5.41, 5.74) is 4.11. The van der Waals surface area contributed by atoms with Gasteiger partial charge in [0.2, 0.25) is 10.0 Å². The van der Waals surface area contributed by atoms with E-state index in [2.05, 4.69) is 14.8 Å². The van der Waals surface area contributed by atoms with Crippen LogP contribution in [0, 0.1) is 6.92 Å². The van der Waals surface area contributed by atoms with Gasteiger partial charge in [0.25, 0.3) is 0 Å². The zero-order chi connectivity index (χ0) is 18.0. The fourth-order valence-corrected chi connectivity index (χ4v) is 4.13. The van der Waals surface area contributed by atoms with E-state index in [0.29, 0.717) is 5.56 Å². The Balaban J connectivity index is 1.81. The predicted molar refractivity (Wildman–Crippen MR) is 93.5 cm³/mol. The molecule has 0 saturated heterocycles. The zero-order valence-corrected chi connectivity index (χ0v) is 14.9. The number of sulfonamides is 1. The van der Waals surface area contributed by atoms with Crippen LogP contribution in [0.3, 0.4) is 0 Å². The van der Waals surface area contributed by atoms with Crippen molar-refractivity contribution in [3.63, 3.8) is 0 Å². The van der Waals surface area contributed by atoms with Crippen molar-refractivity contribution >= 4 is 16.0 Å². The van der Waals surface area contributed by atoms with Gasteiger partial charge in [-0.2, -0.15) is 0 Å². The average Bonchev–Trinajstić information content (AvgIpc) is 3.07. The highest BCUT2D eigenvalue weighted by atomic mass is 32.2. The van der Waals surface area contributed by atoms with Crippen molar-refractivity contribution in [3.05, 3.63) is 64.2 Å². The number of carbonyl (C=O) groups is 1. The number of rotatable bonds is 5. The first-order valence-corrected chi connectivity index (χ1v) is 9.39. The van der Waals surface area contributed by atoms with E-state index in [4.69, 9.17) is 0 Å². The summed E-state index contributed by atoms with van der Waals surface area (Å²) in [5, 5.41) is 3.26. The standard InChI is InChI=1S/C18H20N2O4S/c1-12-3-5-14(18(21)24-2)8-17(12)25(22,23)20-9-13-4-6-15-10-19-11-16(15)7-13/h3-8,19-20H,9-11H2,1-2H3. The van der Waals surface area contributed by atoms with Crippen LogP contribution in [0.25, 0.3) is 0 Å².